The van der Waals surface area contributed by atoms with Crippen LogP contribution in [0.15, 0.2) is 84.9 Å². The highest BCUT2D eigenvalue weighted by Crippen LogP contribution is 2.30. The summed E-state index contributed by atoms with van der Waals surface area (Å²) in [5, 5.41) is 27.2. The van der Waals surface area contributed by atoms with Crippen LogP contribution >= 0.6 is 0 Å². The fourth-order valence-electron chi connectivity index (χ4n) is 7.08. The van der Waals surface area contributed by atoms with E-state index in [0.29, 0.717) is 19.6 Å². The van der Waals surface area contributed by atoms with Gasteiger partial charge in [0.2, 0.25) is 0 Å². The lowest BCUT2D eigenvalue weighted by Gasteiger charge is -2.47. The van der Waals surface area contributed by atoms with E-state index in [1.165, 1.54) is 32.7 Å². The molecule has 1 saturated heterocycles. The van der Waals surface area contributed by atoms with Crippen molar-refractivity contribution < 1.29 is 29.2 Å². The van der Waals surface area contributed by atoms with Crippen LogP contribution in [0.2, 0.25) is 0 Å². The van der Waals surface area contributed by atoms with E-state index in [4.69, 9.17) is 41.9 Å². The summed E-state index contributed by atoms with van der Waals surface area (Å²) in [4.78, 5) is 0. The zero-order valence-electron chi connectivity index (χ0n) is 27.4. The number of rotatable bonds is 13. The first-order valence-electron chi connectivity index (χ1n) is 17.1. The third kappa shape index (κ3) is 8.06. The maximum absolute atomic E-state index is 11.4. The second-order valence-electron chi connectivity index (χ2n) is 13.2. The molecular weight excluding hydrogens is 608 g/mol. The summed E-state index contributed by atoms with van der Waals surface area (Å²) in [6, 6.07) is 27.5. The molecule has 10 heteroatoms. The Morgan fingerprint density at radius 1 is 0.646 bits per heavy atom. The number of aliphatic hydroxyl groups is 2. The molecule has 2 fully saturated rings. The maximum atomic E-state index is 11.4. The normalized spacial score (nSPS) is 31.0. The van der Waals surface area contributed by atoms with E-state index in [1.807, 2.05) is 24.3 Å². The summed E-state index contributed by atoms with van der Waals surface area (Å²) in [6.45, 7) is 0.833. The molecule has 0 amide bonds. The number of ether oxygens (including phenoxy) is 4. The first-order valence-corrected chi connectivity index (χ1v) is 17.1. The smallest absolute Gasteiger partial charge is 0.176 e. The van der Waals surface area contributed by atoms with E-state index in [2.05, 4.69) is 60.7 Å². The molecule has 10 nitrogen and oxygen atoms in total. The highest BCUT2D eigenvalue weighted by molar-refractivity contribution is 5.83. The molecule has 48 heavy (non-hydrogen) atoms. The molecule has 6 rings (SSSR count). The molecule has 4 aromatic rings. The van der Waals surface area contributed by atoms with Gasteiger partial charge in [-0.1, -0.05) is 84.9 Å². The van der Waals surface area contributed by atoms with Crippen LogP contribution in [0.1, 0.15) is 30.4 Å². The highest BCUT2D eigenvalue weighted by atomic mass is 16.7. The maximum Gasteiger partial charge on any atom is 0.176 e. The molecule has 4 aromatic carbocycles. The van der Waals surface area contributed by atoms with Crippen LogP contribution in [0.25, 0.3) is 21.5 Å². The van der Waals surface area contributed by atoms with Gasteiger partial charge in [-0.15, -0.1) is 0 Å². The van der Waals surface area contributed by atoms with E-state index < -0.39 is 61.0 Å². The molecule has 10 N–H and O–H groups in total. The molecule has 258 valence electrons. The summed E-state index contributed by atoms with van der Waals surface area (Å²) in [6.07, 6.45) is -2.71. The number of aliphatic hydroxyl groups excluding tert-OH is 2. The van der Waals surface area contributed by atoms with Crippen molar-refractivity contribution in [2.24, 2.45) is 22.9 Å². The van der Waals surface area contributed by atoms with Crippen molar-refractivity contribution in [3.05, 3.63) is 96.1 Å². The second kappa shape index (κ2) is 16.1. The minimum Gasteiger partial charge on any atom is -0.388 e. The van der Waals surface area contributed by atoms with Gasteiger partial charge < -0.3 is 52.1 Å². The van der Waals surface area contributed by atoms with E-state index in [1.54, 1.807) is 0 Å². The zero-order valence-corrected chi connectivity index (χ0v) is 27.4. The van der Waals surface area contributed by atoms with Gasteiger partial charge in [0.05, 0.1) is 6.04 Å². The Hall–Kier alpha value is -3.00. The first-order chi connectivity index (χ1) is 23.3. The van der Waals surface area contributed by atoms with Crippen molar-refractivity contribution in [2.45, 2.75) is 93.1 Å². The molecule has 1 aliphatic carbocycles. The largest absolute Gasteiger partial charge is 0.388 e. The van der Waals surface area contributed by atoms with Crippen LogP contribution in [0.3, 0.4) is 0 Å². The minimum absolute atomic E-state index is 0.0395. The fraction of sp³-hybridized carbons (Fsp3) is 0.474. The molecule has 0 aromatic heterocycles. The molecule has 1 saturated carbocycles. The van der Waals surface area contributed by atoms with E-state index in [9.17, 15) is 10.2 Å². The molecule has 1 heterocycles. The first kappa shape index (κ1) is 34.8. The monoisotopic (exact) mass is 658 g/mol. The van der Waals surface area contributed by atoms with Gasteiger partial charge >= 0.3 is 0 Å². The average molecular weight is 659 g/mol. The minimum atomic E-state index is -1.11. The molecule has 0 bridgehead atoms. The van der Waals surface area contributed by atoms with Crippen molar-refractivity contribution in [3.8, 4) is 0 Å². The predicted octanol–water partition coefficient (Wildman–Crippen LogP) is 2.51. The van der Waals surface area contributed by atoms with Crippen molar-refractivity contribution in [3.63, 3.8) is 0 Å². The lowest BCUT2D eigenvalue weighted by Crippen LogP contribution is -2.68. The summed E-state index contributed by atoms with van der Waals surface area (Å²) in [5.41, 5.74) is 27.8. The zero-order chi connectivity index (χ0) is 33.6. The quantitative estimate of drug-likeness (QED) is 0.117. The van der Waals surface area contributed by atoms with Gasteiger partial charge in [0.1, 0.15) is 36.6 Å². The second-order valence-corrected chi connectivity index (χ2v) is 13.2. The number of nitrogens with two attached hydrogens (primary N) is 4. The Morgan fingerprint density at radius 2 is 1.17 bits per heavy atom. The van der Waals surface area contributed by atoms with Gasteiger partial charge in [-0.3, -0.25) is 0 Å². The SMILES string of the molecule is NC[C@H]1O[C@H](O[C@H]2[C@H](O)[C@@H](OCCCc3ccc4ccccc4c3)[C@H](N)C[C@@H]2N)[C@H](N)[C@@H](OCCCc2ccc3ccccc3c2)[C@@H]1O. The van der Waals surface area contributed by atoms with Crippen molar-refractivity contribution in [2.75, 3.05) is 19.8 Å². The third-order valence-electron chi connectivity index (χ3n) is 9.77. The molecular formula is C38H50N4O6. The molecule has 10 atom stereocenters. The van der Waals surface area contributed by atoms with E-state index in [-0.39, 0.29) is 6.54 Å². The van der Waals surface area contributed by atoms with E-state index in [0.717, 1.165) is 25.7 Å². The summed E-state index contributed by atoms with van der Waals surface area (Å²) >= 11 is 0. The number of hydrogen-bond donors (Lipinski definition) is 6. The fourth-order valence-corrected chi connectivity index (χ4v) is 7.08. The molecule has 1 aliphatic heterocycles. The van der Waals surface area contributed by atoms with Crippen LogP contribution in [-0.2, 0) is 31.8 Å². The lowest BCUT2D eigenvalue weighted by atomic mass is 9.84. The van der Waals surface area contributed by atoms with E-state index >= 15 is 0 Å². The Kier molecular flexibility index (Phi) is 11.7. The highest BCUT2D eigenvalue weighted by Gasteiger charge is 2.49. The molecule has 0 radical (unpaired) electrons. The van der Waals surface area contributed by atoms with Gasteiger partial charge in [0, 0.05) is 31.8 Å². The van der Waals surface area contributed by atoms with Gasteiger partial charge in [0.15, 0.2) is 6.29 Å². The number of hydrogen-bond acceptors (Lipinski definition) is 10. The van der Waals surface area contributed by atoms with Crippen molar-refractivity contribution in [1.82, 2.24) is 0 Å². The number of fused-ring (bicyclic) bond motifs is 2. The standard InChI is InChI=1S/C38H50N4O6/c39-22-31-33(43)37(46-18-6-8-24-14-16-26-10-2-4-12-28(26)20-24)32(42)38(47-31)48-36-30(41)21-29(40)35(34(36)44)45-17-5-7-23-13-15-25-9-1-3-11-27(25)19-23/h1-4,9-16,19-20,29-38,43-44H,5-8,17-18,21-22,39-42H2/t29-,30+,31-,32-,33-,34-,35+,36-,37-,38-/m1/s1. The van der Waals surface area contributed by atoms with Crippen LogP contribution < -0.4 is 22.9 Å². The van der Waals surface area contributed by atoms with Crippen molar-refractivity contribution >= 4 is 21.5 Å². The topological polar surface area (TPSA) is 181 Å². The van der Waals surface area contributed by atoms with Crippen molar-refractivity contribution in [1.29, 1.82) is 0 Å². The lowest BCUT2D eigenvalue weighted by molar-refractivity contribution is -0.294. The predicted molar refractivity (Wildman–Crippen MR) is 187 cm³/mol. The summed E-state index contributed by atoms with van der Waals surface area (Å²) in [7, 11) is 0. The third-order valence-corrected chi connectivity index (χ3v) is 9.77. The molecule has 0 unspecified atom stereocenters. The molecule has 0 spiro atoms. The number of benzene rings is 4. The van der Waals surface area contributed by atoms with Gasteiger partial charge in [-0.25, -0.2) is 0 Å². The van der Waals surface area contributed by atoms with Crippen LogP contribution in [-0.4, -0.2) is 91.0 Å². The molecule has 2 aliphatic rings. The number of aryl methyl sites for hydroxylation is 2. The average Bonchev–Trinajstić information content (AvgIpc) is 3.10. The van der Waals surface area contributed by atoms with Gasteiger partial charge in [0.25, 0.3) is 0 Å². The Balaban J connectivity index is 1.02. The summed E-state index contributed by atoms with van der Waals surface area (Å²) in [5.74, 6) is 0. The Bertz CT molecular complexity index is 1620. The van der Waals surface area contributed by atoms with Gasteiger partial charge in [-0.2, -0.15) is 0 Å². The van der Waals surface area contributed by atoms with Gasteiger partial charge in [-0.05, 0) is 64.8 Å². The Labute approximate surface area is 282 Å². The Morgan fingerprint density at radius 3 is 1.73 bits per heavy atom. The van der Waals surface area contributed by atoms with Crippen LogP contribution in [0.4, 0.5) is 0 Å². The van der Waals surface area contributed by atoms with Crippen LogP contribution in [0.5, 0.6) is 0 Å². The summed E-state index contributed by atoms with van der Waals surface area (Å²) < 4.78 is 24.6. The van der Waals surface area contributed by atoms with Crippen LogP contribution in [0, 0.1) is 0 Å².